The van der Waals surface area contributed by atoms with E-state index in [1.807, 2.05) is 13.0 Å². The lowest BCUT2D eigenvalue weighted by Gasteiger charge is -2.20. The zero-order valence-corrected chi connectivity index (χ0v) is 17.9. The Hall–Kier alpha value is -2.72. The van der Waals surface area contributed by atoms with Gasteiger partial charge in [-0.25, -0.2) is 4.98 Å². The van der Waals surface area contributed by atoms with Gasteiger partial charge in [0.05, 0.1) is 10.8 Å². The minimum atomic E-state index is -0.399. The summed E-state index contributed by atoms with van der Waals surface area (Å²) < 4.78 is 11.1. The number of ether oxygens (including phenoxy) is 2. The fourth-order valence-corrected chi connectivity index (χ4v) is 4.62. The molecular formula is C23H25N3O3S. The summed E-state index contributed by atoms with van der Waals surface area (Å²) in [5.74, 6) is 1.17. The summed E-state index contributed by atoms with van der Waals surface area (Å²) in [5.41, 5.74) is 3.47. The number of fused-ring (bicyclic) bond motifs is 2. The molecule has 0 saturated carbocycles. The fourth-order valence-electron chi connectivity index (χ4n) is 3.72. The van der Waals surface area contributed by atoms with Crippen LogP contribution in [0, 0.1) is 11.3 Å². The van der Waals surface area contributed by atoms with Gasteiger partial charge in [0.2, 0.25) is 5.91 Å². The number of rotatable bonds is 4. The van der Waals surface area contributed by atoms with Crippen molar-refractivity contribution in [3.8, 4) is 17.6 Å². The lowest BCUT2D eigenvalue weighted by Crippen LogP contribution is -2.23. The molecule has 2 aromatic rings. The van der Waals surface area contributed by atoms with Gasteiger partial charge < -0.3 is 14.8 Å². The number of amides is 1. The third kappa shape index (κ3) is 4.71. The van der Waals surface area contributed by atoms with Crippen LogP contribution < -0.4 is 14.8 Å². The van der Waals surface area contributed by atoms with Gasteiger partial charge in [0.25, 0.3) is 0 Å². The third-order valence-electron chi connectivity index (χ3n) is 5.35. The van der Waals surface area contributed by atoms with Crippen molar-refractivity contribution in [1.29, 1.82) is 5.26 Å². The molecule has 4 rings (SSSR count). The Morgan fingerprint density at radius 2 is 1.90 bits per heavy atom. The first-order valence-electron chi connectivity index (χ1n) is 10.4. The molecule has 7 heteroatoms. The SMILES string of the molecule is CC(Sc1nc2c(cc1C#N)CCCCCC2)C(=O)Nc1ccc2c(c1)OCCO2. The number of anilines is 1. The molecule has 1 aliphatic heterocycles. The lowest BCUT2D eigenvalue weighted by atomic mass is 9.96. The maximum absolute atomic E-state index is 12.8. The summed E-state index contributed by atoms with van der Waals surface area (Å²) >= 11 is 1.33. The molecule has 1 unspecified atom stereocenters. The van der Waals surface area contributed by atoms with E-state index in [2.05, 4.69) is 11.4 Å². The van der Waals surface area contributed by atoms with Crippen molar-refractivity contribution in [2.45, 2.75) is 55.7 Å². The molecule has 6 nitrogen and oxygen atoms in total. The molecule has 30 heavy (non-hydrogen) atoms. The first-order chi connectivity index (χ1) is 14.6. The van der Waals surface area contributed by atoms with Crippen LogP contribution in [0.2, 0.25) is 0 Å². The van der Waals surface area contributed by atoms with E-state index in [1.165, 1.54) is 30.2 Å². The minimum absolute atomic E-state index is 0.144. The average Bonchev–Trinajstić information content (AvgIpc) is 2.74. The van der Waals surface area contributed by atoms with E-state index >= 15 is 0 Å². The Labute approximate surface area is 181 Å². The molecule has 1 aromatic heterocycles. The molecule has 0 bridgehead atoms. The van der Waals surface area contributed by atoms with Crippen molar-refractivity contribution in [1.82, 2.24) is 4.98 Å². The molecule has 0 fully saturated rings. The van der Waals surface area contributed by atoms with Gasteiger partial charge in [-0.15, -0.1) is 0 Å². The highest BCUT2D eigenvalue weighted by atomic mass is 32.2. The smallest absolute Gasteiger partial charge is 0.237 e. The minimum Gasteiger partial charge on any atom is -0.486 e. The van der Waals surface area contributed by atoms with Gasteiger partial charge >= 0.3 is 0 Å². The Balaban J connectivity index is 1.47. The molecular weight excluding hydrogens is 398 g/mol. The number of carbonyl (C=O) groups excluding carboxylic acids is 1. The highest BCUT2D eigenvalue weighted by Crippen LogP contribution is 2.33. The van der Waals surface area contributed by atoms with E-state index in [4.69, 9.17) is 14.5 Å². The van der Waals surface area contributed by atoms with Gasteiger partial charge in [-0.05, 0) is 56.4 Å². The topological polar surface area (TPSA) is 84.2 Å². The van der Waals surface area contributed by atoms with Crippen LogP contribution in [-0.2, 0) is 17.6 Å². The van der Waals surface area contributed by atoms with Crippen LogP contribution in [0.25, 0.3) is 0 Å². The summed E-state index contributed by atoms with van der Waals surface area (Å²) in [6.07, 6.45) is 6.62. The largest absolute Gasteiger partial charge is 0.486 e. The second-order valence-corrected chi connectivity index (χ2v) is 8.91. The standard InChI is InChI=1S/C23H25N3O3S/c1-15(22(27)25-18-8-9-20-21(13-18)29-11-10-28-20)30-23-17(14-24)12-16-6-4-2-3-5-7-19(16)26-23/h8-9,12-13,15H,2-7,10-11H2,1H3,(H,25,27). The van der Waals surface area contributed by atoms with Gasteiger partial charge in [0.1, 0.15) is 24.3 Å². The molecule has 0 spiro atoms. The van der Waals surface area contributed by atoms with Gasteiger partial charge in [-0.1, -0.05) is 24.6 Å². The number of nitriles is 1. The number of carbonyl (C=O) groups is 1. The number of nitrogens with one attached hydrogen (secondary N) is 1. The van der Waals surface area contributed by atoms with Crippen LogP contribution in [0.4, 0.5) is 5.69 Å². The number of nitrogens with zero attached hydrogens (tertiary/aromatic N) is 2. The third-order valence-corrected chi connectivity index (χ3v) is 6.46. The number of hydrogen-bond acceptors (Lipinski definition) is 6. The highest BCUT2D eigenvalue weighted by molar-refractivity contribution is 8.00. The van der Waals surface area contributed by atoms with Gasteiger partial charge in [0.15, 0.2) is 11.5 Å². The summed E-state index contributed by atoms with van der Waals surface area (Å²) in [4.78, 5) is 17.6. The maximum atomic E-state index is 12.8. The summed E-state index contributed by atoms with van der Waals surface area (Å²) in [5, 5.41) is 12.8. The Morgan fingerprint density at radius 1 is 1.13 bits per heavy atom. The molecule has 1 aromatic carbocycles. The monoisotopic (exact) mass is 423 g/mol. The lowest BCUT2D eigenvalue weighted by molar-refractivity contribution is -0.115. The first-order valence-corrected chi connectivity index (χ1v) is 11.3. The molecule has 1 amide bonds. The van der Waals surface area contributed by atoms with E-state index in [0.29, 0.717) is 41.0 Å². The van der Waals surface area contributed by atoms with Crippen molar-refractivity contribution in [2.75, 3.05) is 18.5 Å². The molecule has 156 valence electrons. The molecule has 0 saturated heterocycles. The van der Waals surface area contributed by atoms with Crippen molar-refractivity contribution >= 4 is 23.4 Å². The van der Waals surface area contributed by atoms with E-state index in [-0.39, 0.29) is 5.91 Å². The molecule has 2 heterocycles. The number of aromatic nitrogens is 1. The number of hydrogen-bond donors (Lipinski definition) is 1. The van der Waals surface area contributed by atoms with Gasteiger partial charge in [-0.3, -0.25) is 4.79 Å². The quantitative estimate of drug-likeness (QED) is 0.729. The van der Waals surface area contributed by atoms with E-state index in [0.717, 1.165) is 31.4 Å². The van der Waals surface area contributed by atoms with E-state index in [1.54, 1.807) is 18.2 Å². The van der Waals surface area contributed by atoms with Crippen LogP contribution in [0.1, 0.15) is 49.4 Å². The van der Waals surface area contributed by atoms with Crippen LogP contribution in [0.5, 0.6) is 11.5 Å². The Kier molecular flexibility index (Phi) is 6.44. The molecule has 1 aliphatic carbocycles. The predicted octanol–water partition coefficient (Wildman–Crippen LogP) is 4.50. The fraction of sp³-hybridized carbons (Fsp3) is 0.435. The summed E-state index contributed by atoms with van der Waals surface area (Å²) in [7, 11) is 0. The van der Waals surface area contributed by atoms with Crippen molar-refractivity contribution in [2.24, 2.45) is 0 Å². The summed E-state index contributed by atoms with van der Waals surface area (Å²) in [6, 6.07) is 9.61. The molecule has 1 atom stereocenters. The maximum Gasteiger partial charge on any atom is 0.237 e. The van der Waals surface area contributed by atoms with E-state index < -0.39 is 5.25 Å². The van der Waals surface area contributed by atoms with Gasteiger partial charge in [0, 0.05) is 17.4 Å². The first kappa shape index (κ1) is 20.5. The molecule has 1 N–H and O–H groups in total. The van der Waals surface area contributed by atoms with Crippen molar-refractivity contribution in [3.05, 3.63) is 41.1 Å². The molecule has 2 aliphatic rings. The Morgan fingerprint density at radius 3 is 2.70 bits per heavy atom. The molecule has 0 radical (unpaired) electrons. The normalized spacial score (nSPS) is 16.4. The summed E-state index contributed by atoms with van der Waals surface area (Å²) in [6.45, 7) is 2.86. The van der Waals surface area contributed by atoms with Crippen LogP contribution >= 0.6 is 11.8 Å². The van der Waals surface area contributed by atoms with Crippen molar-refractivity contribution in [3.63, 3.8) is 0 Å². The van der Waals surface area contributed by atoms with Crippen LogP contribution in [0.3, 0.4) is 0 Å². The van der Waals surface area contributed by atoms with Crippen LogP contribution in [0.15, 0.2) is 29.3 Å². The second kappa shape index (κ2) is 9.40. The zero-order chi connectivity index (χ0) is 20.9. The highest BCUT2D eigenvalue weighted by Gasteiger charge is 2.21. The predicted molar refractivity (Wildman–Crippen MR) is 116 cm³/mol. The number of benzene rings is 1. The number of pyridine rings is 1. The Bertz CT molecular complexity index is 986. The second-order valence-electron chi connectivity index (χ2n) is 7.58. The van der Waals surface area contributed by atoms with E-state index in [9.17, 15) is 10.1 Å². The zero-order valence-electron chi connectivity index (χ0n) is 17.1. The number of aryl methyl sites for hydroxylation is 2. The number of thioether (sulfide) groups is 1. The van der Waals surface area contributed by atoms with Crippen LogP contribution in [-0.4, -0.2) is 29.4 Å². The van der Waals surface area contributed by atoms with Crippen molar-refractivity contribution < 1.29 is 14.3 Å². The van der Waals surface area contributed by atoms with Gasteiger partial charge in [-0.2, -0.15) is 5.26 Å². The average molecular weight is 424 g/mol.